The summed E-state index contributed by atoms with van der Waals surface area (Å²) in [6.45, 7) is 7.31. The second kappa shape index (κ2) is 8.52. The van der Waals surface area contributed by atoms with Crippen molar-refractivity contribution in [2.24, 2.45) is 4.99 Å². The van der Waals surface area contributed by atoms with Crippen LogP contribution < -0.4 is 21.1 Å². The Balaban J connectivity index is 1.88. The summed E-state index contributed by atoms with van der Waals surface area (Å²) in [5.74, 6) is -0.700. The maximum absolute atomic E-state index is 12.3. The number of amidine groups is 1. The minimum absolute atomic E-state index is 0.0308. The van der Waals surface area contributed by atoms with Crippen molar-refractivity contribution in [1.82, 2.24) is 16.1 Å². The number of nitrogens with zero attached hydrogens (tertiary/aromatic N) is 2. The normalized spacial score (nSPS) is 16.9. The number of nitrogens with one attached hydrogen (secondary N) is 3. The van der Waals surface area contributed by atoms with Gasteiger partial charge in [0.15, 0.2) is 0 Å². The van der Waals surface area contributed by atoms with Gasteiger partial charge in [0.1, 0.15) is 11.6 Å². The van der Waals surface area contributed by atoms with E-state index in [1.54, 1.807) is 52.0 Å². The van der Waals surface area contributed by atoms with Gasteiger partial charge in [0, 0.05) is 13.1 Å². The van der Waals surface area contributed by atoms with Crippen molar-refractivity contribution in [2.75, 3.05) is 18.1 Å². The summed E-state index contributed by atoms with van der Waals surface area (Å²) in [4.78, 5) is 40.3. The number of amides is 3. The van der Waals surface area contributed by atoms with Crippen molar-refractivity contribution in [1.29, 1.82) is 0 Å². The number of para-hydroxylation sites is 1. The molecule has 3 N–H and O–H groups in total. The van der Waals surface area contributed by atoms with Gasteiger partial charge >= 0.3 is 6.09 Å². The van der Waals surface area contributed by atoms with E-state index in [4.69, 9.17) is 4.74 Å². The molecule has 1 unspecified atom stereocenters. The van der Waals surface area contributed by atoms with Crippen molar-refractivity contribution in [3.63, 3.8) is 0 Å². The Morgan fingerprint density at radius 3 is 2.44 bits per heavy atom. The molecule has 1 aromatic carbocycles. The van der Waals surface area contributed by atoms with Gasteiger partial charge in [-0.25, -0.2) is 14.8 Å². The first-order valence-corrected chi connectivity index (χ1v) is 8.66. The number of anilines is 1. The molecule has 0 saturated carbocycles. The molecular weight excluding hydrogens is 350 g/mol. The molecule has 1 aliphatic heterocycles. The lowest BCUT2D eigenvalue weighted by atomic mass is 10.2. The van der Waals surface area contributed by atoms with E-state index in [0.717, 1.165) is 0 Å². The number of hydrogen-bond acceptors (Lipinski definition) is 6. The fraction of sp³-hybridized carbons (Fsp3) is 0.444. The quantitative estimate of drug-likeness (QED) is 0.664. The lowest BCUT2D eigenvalue weighted by molar-refractivity contribution is -0.120. The third-order valence-electron chi connectivity index (χ3n) is 3.43. The third-order valence-corrected chi connectivity index (χ3v) is 3.43. The number of alkyl carbamates (subject to hydrolysis) is 1. The molecule has 3 amide bonds. The topological polar surface area (TPSA) is 112 Å². The molecule has 0 aromatic heterocycles. The zero-order valence-corrected chi connectivity index (χ0v) is 15.9. The van der Waals surface area contributed by atoms with Crippen LogP contribution in [0.1, 0.15) is 27.7 Å². The highest BCUT2D eigenvalue weighted by molar-refractivity contribution is 6.39. The molecule has 0 bridgehead atoms. The van der Waals surface area contributed by atoms with Crippen LogP contribution in [0.4, 0.5) is 10.5 Å². The second-order valence-electron chi connectivity index (χ2n) is 6.96. The number of hydrazine groups is 1. The highest BCUT2D eigenvalue weighted by Gasteiger charge is 2.30. The molecule has 9 heteroatoms. The number of ether oxygens (including phenoxy) is 1. The average Bonchev–Trinajstić information content (AvgIpc) is 2.60. The standard InChI is InChI=1S/C18H25N5O4/c1-12-16(25)23(13-8-6-5-7-9-13)22-14(21-12)15(24)19-10-11-20-17(26)27-18(2,3)4/h5-9,12H,10-11H2,1-4H3,(H,19,24)(H,20,26)(H,21,22). The molecule has 0 radical (unpaired) electrons. The highest BCUT2D eigenvalue weighted by Crippen LogP contribution is 2.15. The number of benzene rings is 1. The van der Waals surface area contributed by atoms with E-state index in [1.165, 1.54) is 5.01 Å². The van der Waals surface area contributed by atoms with Crippen LogP contribution in [-0.2, 0) is 14.3 Å². The maximum atomic E-state index is 12.3. The number of carbonyl (C=O) groups is 3. The van der Waals surface area contributed by atoms with Crippen LogP contribution >= 0.6 is 0 Å². The molecule has 1 aliphatic rings. The molecule has 1 aromatic rings. The zero-order chi connectivity index (χ0) is 20.0. The first-order valence-electron chi connectivity index (χ1n) is 8.66. The monoisotopic (exact) mass is 375 g/mol. The minimum Gasteiger partial charge on any atom is -0.444 e. The van der Waals surface area contributed by atoms with Gasteiger partial charge in [0.25, 0.3) is 11.8 Å². The van der Waals surface area contributed by atoms with Crippen LogP contribution in [0.3, 0.4) is 0 Å². The van der Waals surface area contributed by atoms with Crippen LogP contribution in [0.15, 0.2) is 35.3 Å². The van der Waals surface area contributed by atoms with Crippen molar-refractivity contribution < 1.29 is 19.1 Å². The van der Waals surface area contributed by atoms with Crippen LogP contribution in [0.2, 0.25) is 0 Å². The lowest BCUT2D eigenvalue weighted by Gasteiger charge is -2.30. The lowest BCUT2D eigenvalue weighted by Crippen LogP contribution is -2.58. The van der Waals surface area contributed by atoms with Crippen LogP contribution in [0, 0.1) is 0 Å². The molecule has 9 nitrogen and oxygen atoms in total. The molecule has 0 spiro atoms. The summed E-state index contributed by atoms with van der Waals surface area (Å²) >= 11 is 0. The molecule has 27 heavy (non-hydrogen) atoms. The third kappa shape index (κ3) is 5.98. The van der Waals surface area contributed by atoms with E-state index in [-0.39, 0.29) is 24.8 Å². The number of hydrogen-bond donors (Lipinski definition) is 3. The molecule has 2 rings (SSSR count). The number of rotatable bonds is 5. The fourth-order valence-corrected chi connectivity index (χ4v) is 2.24. The van der Waals surface area contributed by atoms with E-state index in [1.807, 2.05) is 6.07 Å². The zero-order valence-electron chi connectivity index (χ0n) is 15.9. The van der Waals surface area contributed by atoms with Gasteiger partial charge < -0.3 is 15.4 Å². The van der Waals surface area contributed by atoms with E-state index >= 15 is 0 Å². The largest absolute Gasteiger partial charge is 0.444 e. The van der Waals surface area contributed by atoms with Gasteiger partial charge in [-0.15, -0.1) is 0 Å². The predicted molar refractivity (Wildman–Crippen MR) is 101 cm³/mol. The Morgan fingerprint density at radius 1 is 1.19 bits per heavy atom. The van der Waals surface area contributed by atoms with Crippen LogP contribution in [-0.4, -0.2) is 48.5 Å². The first-order chi connectivity index (χ1) is 12.7. The number of carbonyl (C=O) groups excluding carboxylic acids is 3. The Kier molecular flexibility index (Phi) is 6.38. The molecule has 0 fully saturated rings. The maximum Gasteiger partial charge on any atom is 0.407 e. The minimum atomic E-state index is -0.688. The Morgan fingerprint density at radius 2 is 1.81 bits per heavy atom. The van der Waals surface area contributed by atoms with Crippen molar-refractivity contribution in [2.45, 2.75) is 39.3 Å². The number of aliphatic imine (C=N–C) groups is 1. The van der Waals surface area contributed by atoms with E-state index in [0.29, 0.717) is 5.69 Å². The molecular formula is C18H25N5O4. The van der Waals surface area contributed by atoms with E-state index < -0.39 is 23.6 Å². The second-order valence-corrected chi connectivity index (χ2v) is 6.96. The molecule has 0 saturated heterocycles. The fourth-order valence-electron chi connectivity index (χ4n) is 2.24. The van der Waals surface area contributed by atoms with Crippen molar-refractivity contribution >= 4 is 29.4 Å². The Bertz CT molecular complexity index is 727. The van der Waals surface area contributed by atoms with Gasteiger partial charge in [-0.1, -0.05) is 18.2 Å². The van der Waals surface area contributed by atoms with Gasteiger partial charge in [-0.3, -0.25) is 15.0 Å². The predicted octanol–water partition coefficient (Wildman–Crippen LogP) is 0.966. The Hall–Kier alpha value is -3.10. The van der Waals surface area contributed by atoms with Crippen molar-refractivity contribution in [3.8, 4) is 0 Å². The van der Waals surface area contributed by atoms with Gasteiger partial charge in [0.2, 0.25) is 5.84 Å². The Labute approximate surface area is 158 Å². The van der Waals surface area contributed by atoms with E-state index in [2.05, 4.69) is 21.1 Å². The van der Waals surface area contributed by atoms with Gasteiger partial charge in [-0.2, -0.15) is 0 Å². The van der Waals surface area contributed by atoms with Gasteiger partial charge in [-0.05, 0) is 39.8 Å². The summed E-state index contributed by atoms with van der Waals surface area (Å²) in [5.41, 5.74) is 2.77. The first kappa shape index (κ1) is 20.2. The summed E-state index contributed by atoms with van der Waals surface area (Å²) in [6.07, 6.45) is -0.556. The summed E-state index contributed by atoms with van der Waals surface area (Å²) in [7, 11) is 0. The van der Waals surface area contributed by atoms with Gasteiger partial charge in [0.05, 0.1) is 5.69 Å². The molecule has 146 valence electrons. The molecule has 1 heterocycles. The van der Waals surface area contributed by atoms with Crippen LogP contribution in [0.25, 0.3) is 0 Å². The average molecular weight is 375 g/mol. The molecule has 0 aliphatic carbocycles. The smallest absolute Gasteiger partial charge is 0.407 e. The summed E-state index contributed by atoms with van der Waals surface area (Å²) in [5, 5.41) is 6.48. The molecule has 1 atom stereocenters. The highest BCUT2D eigenvalue weighted by atomic mass is 16.6. The summed E-state index contributed by atoms with van der Waals surface area (Å²) < 4.78 is 5.11. The summed E-state index contributed by atoms with van der Waals surface area (Å²) in [6, 6.07) is 8.24. The van der Waals surface area contributed by atoms with E-state index in [9.17, 15) is 14.4 Å². The van der Waals surface area contributed by atoms with Crippen molar-refractivity contribution in [3.05, 3.63) is 30.3 Å². The van der Waals surface area contributed by atoms with Crippen LogP contribution in [0.5, 0.6) is 0 Å². The SMILES string of the molecule is CC1N=C(C(=O)NCCNC(=O)OC(C)(C)C)NN(c2ccccc2)C1=O.